The van der Waals surface area contributed by atoms with E-state index in [0.29, 0.717) is 13.0 Å². The summed E-state index contributed by atoms with van der Waals surface area (Å²) < 4.78 is 4.85. The van der Waals surface area contributed by atoms with E-state index in [-0.39, 0.29) is 11.9 Å². The van der Waals surface area contributed by atoms with Crippen molar-refractivity contribution in [3.05, 3.63) is 0 Å². The number of ether oxygens (including phenoxy) is 1. The fraction of sp³-hybridized carbons (Fsp3) is 0.867. The van der Waals surface area contributed by atoms with Crippen LogP contribution in [0.3, 0.4) is 0 Å². The molecule has 1 unspecified atom stereocenters. The number of carbonyl (C=O) groups is 2. The van der Waals surface area contributed by atoms with E-state index < -0.39 is 5.97 Å². The van der Waals surface area contributed by atoms with Gasteiger partial charge in [-0.3, -0.25) is 9.59 Å². The summed E-state index contributed by atoms with van der Waals surface area (Å²) in [5.74, 6) is -0.987. The molecule has 1 N–H and O–H groups in total. The average molecular weight is 272 g/mol. The van der Waals surface area contributed by atoms with Gasteiger partial charge in [0, 0.05) is 6.42 Å². The Bertz CT molecular complexity index is 251. The van der Waals surface area contributed by atoms with Crippen LogP contribution in [0.2, 0.25) is 0 Å². The van der Waals surface area contributed by atoms with E-state index in [4.69, 9.17) is 9.84 Å². The quantitative estimate of drug-likeness (QED) is 0.434. The second kappa shape index (κ2) is 12.0. The van der Waals surface area contributed by atoms with Gasteiger partial charge in [-0.2, -0.15) is 0 Å². The molecule has 0 heterocycles. The zero-order chi connectivity index (χ0) is 14.5. The molecule has 0 aromatic heterocycles. The van der Waals surface area contributed by atoms with Crippen molar-refractivity contribution in [1.29, 1.82) is 0 Å². The zero-order valence-electron chi connectivity index (χ0n) is 12.3. The normalized spacial score (nSPS) is 12.1. The third-order valence-electron chi connectivity index (χ3n) is 3.24. The van der Waals surface area contributed by atoms with Gasteiger partial charge >= 0.3 is 11.9 Å². The molecule has 0 aliphatic heterocycles. The third-order valence-corrected chi connectivity index (χ3v) is 3.24. The van der Waals surface area contributed by atoms with Gasteiger partial charge in [-0.25, -0.2) is 0 Å². The standard InChI is InChI=1S/C15H28O4/c1-3-5-10-13(15(17)18)11-8-6-7-9-12-14(16)19-4-2/h13H,3-12H2,1-2H3,(H,17,18). The first-order valence-corrected chi connectivity index (χ1v) is 7.50. The molecule has 0 rings (SSSR count). The highest BCUT2D eigenvalue weighted by molar-refractivity contribution is 5.70. The monoisotopic (exact) mass is 272 g/mol. The second-order valence-corrected chi connectivity index (χ2v) is 4.94. The molecule has 0 bridgehead atoms. The van der Waals surface area contributed by atoms with Crippen molar-refractivity contribution in [2.75, 3.05) is 6.61 Å². The van der Waals surface area contributed by atoms with Crippen molar-refractivity contribution < 1.29 is 19.4 Å². The molecule has 0 saturated heterocycles. The van der Waals surface area contributed by atoms with E-state index in [1.165, 1.54) is 0 Å². The molecular weight excluding hydrogens is 244 g/mol. The highest BCUT2D eigenvalue weighted by Gasteiger charge is 2.15. The fourth-order valence-corrected chi connectivity index (χ4v) is 2.09. The number of unbranched alkanes of at least 4 members (excludes halogenated alkanes) is 4. The summed E-state index contributed by atoms with van der Waals surface area (Å²) in [5.41, 5.74) is 0. The Balaban J connectivity index is 3.54. The fourth-order valence-electron chi connectivity index (χ4n) is 2.09. The number of hydrogen-bond donors (Lipinski definition) is 1. The Labute approximate surface area is 116 Å². The molecule has 112 valence electrons. The Hall–Kier alpha value is -1.06. The maximum atomic E-state index is 11.1. The molecule has 0 aromatic rings. The number of aliphatic carboxylic acids is 1. The minimum Gasteiger partial charge on any atom is -0.481 e. The SMILES string of the molecule is CCCCC(CCCCCCC(=O)OCC)C(=O)O. The molecule has 0 aromatic carbocycles. The molecule has 0 amide bonds. The lowest BCUT2D eigenvalue weighted by molar-refractivity contribution is -0.143. The largest absolute Gasteiger partial charge is 0.481 e. The van der Waals surface area contributed by atoms with Crippen LogP contribution in [-0.4, -0.2) is 23.7 Å². The van der Waals surface area contributed by atoms with Gasteiger partial charge < -0.3 is 9.84 Å². The summed E-state index contributed by atoms with van der Waals surface area (Å²) in [4.78, 5) is 22.1. The second-order valence-electron chi connectivity index (χ2n) is 4.94. The van der Waals surface area contributed by atoms with Crippen LogP contribution >= 0.6 is 0 Å². The zero-order valence-corrected chi connectivity index (χ0v) is 12.3. The summed E-state index contributed by atoms with van der Waals surface area (Å²) in [5, 5.41) is 9.07. The Morgan fingerprint density at radius 2 is 1.63 bits per heavy atom. The number of carbonyl (C=O) groups excluding carboxylic acids is 1. The Kier molecular flexibility index (Phi) is 11.3. The van der Waals surface area contributed by atoms with Crippen LogP contribution in [0.25, 0.3) is 0 Å². The lowest BCUT2D eigenvalue weighted by Crippen LogP contribution is -2.13. The number of rotatable bonds is 12. The van der Waals surface area contributed by atoms with Crippen LogP contribution in [0.4, 0.5) is 0 Å². The van der Waals surface area contributed by atoms with Gasteiger partial charge in [0.15, 0.2) is 0 Å². The molecule has 0 aliphatic carbocycles. The molecule has 4 heteroatoms. The van der Waals surface area contributed by atoms with Crippen LogP contribution in [0.15, 0.2) is 0 Å². The minimum atomic E-state index is -0.667. The van der Waals surface area contributed by atoms with Gasteiger partial charge in [0.2, 0.25) is 0 Å². The maximum Gasteiger partial charge on any atom is 0.306 e. The van der Waals surface area contributed by atoms with Crippen LogP contribution in [0, 0.1) is 5.92 Å². The molecule has 1 atom stereocenters. The Morgan fingerprint density at radius 1 is 1.00 bits per heavy atom. The lowest BCUT2D eigenvalue weighted by Gasteiger charge is -2.11. The summed E-state index contributed by atoms with van der Waals surface area (Å²) in [6.45, 7) is 4.32. The van der Waals surface area contributed by atoms with Crippen molar-refractivity contribution in [2.24, 2.45) is 5.92 Å². The first-order chi connectivity index (χ1) is 9.11. The van der Waals surface area contributed by atoms with Crippen molar-refractivity contribution in [2.45, 2.75) is 71.6 Å². The van der Waals surface area contributed by atoms with Crippen molar-refractivity contribution in [3.8, 4) is 0 Å². The summed E-state index contributed by atoms with van der Waals surface area (Å²) in [7, 11) is 0. The highest BCUT2D eigenvalue weighted by Crippen LogP contribution is 2.17. The van der Waals surface area contributed by atoms with Gasteiger partial charge in [-0.1, -0.05) is 39.0 Å². The predicted octanol–water partition coefficient (Wildman–Crippen LogP) is 3.78. The number of esters is 1. The first-order valence-electron chi connectivity index (χ1n) is 7.50. The summed E-state index contributed by atoms with van der Waals surface area (Å²) in [6, 6.07) is 0. The van der Waals surface area contributed by atoms with E-state index in [0.717, 1.165) is 51.4 Å². The third kappa shape index (κ3) is 10.5. The maximum absolute atomic E-state index is 11.1. The van der Waals surface area contributed by atoms with Gasteiger partial charge in [0.05, 0.1) is 12.5 Å². The highest BCUT2D eigenvalue weighted by atomic mass is 16.5. The molecule has 19 heavy (non-hydrogen) atoms. The van der Waals surface area contributed by atoms with Crippen molar-refractivity contribution in [3.63, 3.8) is 0 Å². The van der Waals surface area contributed by atoms with E-state index in [1.54, 1.807) is 6.92 Å². The molecule has 0 saturated carbocycles. The lowest BCUT2D eigenvalue weighted by atomic mass is 9.95. The van der Waals surface area contributed by atoms with Gasteiger partial charge in [-0.05, 0) is 26.2 Å². The number of carboxylic acid groups (broad SMARTS) is 1. The van der Waals surface area contributed by atoms with Crippen molar-refractivity contribution >= 4 is 11.9 Å². The molecule has 0 radical (unpaired) electrons. The van der Waals surface area contributed by atoms with E-state index >= 15 is 0 Å². The van der Waals surface area contributed by atoms with E-state index in [2.05, 4.69) is 6.92 Å². The molecular formula is C15H28O4. The van der Waals surface area contributed by atoms with Gasteiger partial charge in [-0.15, -0.1) is 0 Å². The number of hydrogen-bond acceptors (Lipinski definition) is 3. The molecule has 4 nitrogen and oxygen atoms in total. The topological polar surface area (TPSA) is 63.6 Å². The number of carboxylic acids is 1. The summed E-state index contributed by atoms with van der Waals surface area (Å²) >= 11 is 0. The van der Waals surface area contributed by atoms with Crippen LogP contribution in [-0.2, 0) is 14.3 Å². The summed E-state index contributed by atoms with van der Waals surface area (Å²) in [6.07, 6.45) is 7.79. The van der Waals surface area contributed by atoms with Crippen LogP contribution in [0.1, 0.15) is 71.6 Å². The van der Waals surface area contributed by atoms with Gasteiger partial charge in [0.1, 0.15) is 0 Å². The average Bonchev–Trinajstić information content (AvgIpc) is 2.36. The van der Waals surface area contributed by atoms with Crippen LogP contribution < -0.4 is 0 Å². The smallest absolute Gasteiger partial charge is 0.306 e. The van der Waals surface area contributed by atoms with Crippen molar-refractivity contribution in [1.82, 2.24) is 0 Å². The first kappa shape index (κ1) is 17.9. The molecule has 0 fully saturated rings. The molecule has 0 spiro atoms. The molecule has 0 aliphatic rings. The van der Waals surface area contributed by atoms with Crippen LogP contribution in [0.5, 0.6) is 0 Å². The Morgan fingerprint density at radius 3 is 2.21 bits per heavy atom. The minimum absolute atomic E-state index is 0.131. The van der Waals surface area contributed by atoms with E-state index in [9.17, 15) is 9.59 Å². The van der Waals surface area contributed by atoms with E-state index in [1.807, 2.05) is 0 Å². The van der Waals surface area contributed by atoms with Gasteiger partial charge in [0.25, 0.3) is 0 Å². The predicted molar refractivity (Wildman–Crippen MR) is 75.0 cm³/mol.